The van der Waals surface area contributed by atoms with Gasteiger partial charge in [-0.2, -0.15) is 0 Å². The zero-order valence-electron chi connectivity index (χ0n) is 12.3. The van der Waals surface area contributed by atoms with E-state index in [9.17, 15) is 9.18 Å². The molecule has 116 valence electrons. The molecule has 1 heterocycles. The molecule has 1 aliphatic rings. The van der Waals surface area contributed by atoms with Crippen LogP contribution in [0.2, 0.25) is 0 Å². The molecule has 1 unspecified atom stereocenters. The maximum Gasteiger partial charge on any atom is 0.240 e. The Morgan fingerprint density at radius 2 is 2.14 bits per heavy atom. The summed E-state index contributed by atoms with van der Waals surface area (Å²) < 4.78 is 23.8. The first-order valence-electron chi connectivity index (χ1n) is 6.97. The number of amides is 1. The largest absolute Gasteiger partial charge is 0.496 e. The lowest BCUT2D eigenvalue weighted by Gasteiger charge is -2.33. The fraction of sp³-hybridized carbons (Fsp3) is 0.533. The van der Waals surface area contributed by atoms with Gasteiger partial charge in [0.1, 0.15) is 11.6 Å². The summed E-state index contributed by atoms with van der Waals surface area (Å²) in [6.07, 6.45) is 0.956. The summed E-state index contributed by atoms with van der Waals surface area (Å²) in [5.74, 6) is -0.0905. The highest BCUT2D eigenvalue weighted by Gasteiger charge is 2.36. The first-order chi connectivity index (χ1) is 9.96. The van der Waals surface area contributed by atoms with Crippen molar-refractivity contribution in [2.45, 2.75) is 31.3 Å². The molecule has 21 heavy (non-hydrogen) atoms. The van der Waals surface area contributed by atoms with Crippen LogP contribution in [-0.4, -0.2) is 31.8 Å². The normalized spacial score (nSPS) is 18.9. The lowest BCUT2D eigenvalue weighted by Crippen LogP contribution is -2.57. The van der Waals surface area contributed by atoms with Crippen LogP contribution >= 0.6 is 0 Å². The second-order valence-electron chi connectivity index (χ2n) is 5.35. The van der Waals surface area contributed by atoms with Crippen LogP contribution in [0.25, 0.3) is 0 Å². The quantitative estimate of drug-likeness (QED) is 0.883. The summed E-state index contributed by atoms with van der Waals surface area (Å²) in [5.41, 5.74) is 5.79. The SMILES string of the molecule is COc1ccc(F)cc1C(C)NC(=O)C1(N)CCOCC1. The Labute approximate surface area is 123 Å². The Hall–Kier alpha value is -1.66. The molecule has 0 aliphatic carbocycles. The van der Waals surface area contributed by atoms with E-state index in [0.717, 1.165) is 0 Å². The zero-order chi connectivity index (χ0) is 15.5. The molecule has 1 fully saturated rings. The van der Waals surface area contributed by atoms with Crippen molar-refractivity contribution in [3.63, 3.8) is 0 Å². The molecule has 0 saturated carbocycles. The summed E-state index contributed by atoms with van der Waals surface area (Å²) in [4.78, 5) is 12.4. The van der Waals surface area contributed by atoms with Crippen molar-refractivity contribution in [1.82, 2.24) is 5.32 Å². The fourth-order valence-electron chi connectivity index (χ4n) is 2.42. The smallest absolute Gasteiger partial charge is 0.240 e. The molecule has 5 nitrogen and oxygen atoms in total. The van der Waals surface area contributed by atoms with E-state index in [-0.39, 0.29) is 11.7 Å². The summed E-state index contributed by atoms with van der Waals surface area (Å²) in [6, 6.07) is 3.82. The number of ether oxygens (including phenoxy) is 2. The number of hydrogen-bond donors (Lipinski definition) is 2. The predicted molar refractivity (Wildman–Crippen MR) is 76.5 cm³/mol. The van der Waals surface area contributed by atoms with Crippen LogP contribution in [-0.2, 0) is 9.53 Å². The van der Waals surface area contributed by atoms with Gasteiger partial charge in [-0.15, -0.1) is 0 Å². The molecule has 0 spiro atoms. The van der Waals surface area contributed by atoms with Crippen molar-refractivity contribution in [3.8, 4) is 5.75 Å². The van der Waals surface area contributed by atoms with E-state index < -0.39 is 11.6 Å². The summed E-state index contributed by atoms with van der Waals surface area (Å²) in [5, 5.41) is 2.84. The summed E-state index contributed by atoms with van der Waals surface area (Å²) in [7, 11) is 1.51. The van der Waals surface area contributed by atoms with Crippen molar-refractivity contribution >= 4 is 5.91 Å². The van der Waals surface area contributed by atoms with Gasteiger partial charge in [-0.05, 0) is 38.0 Å². The van der Waals surface area contributed by atoms with Crippen LogP contribution in [0.3, 0.4) is 0 Å². The molecule has 1 amide bonds. The van der Waals surface area contributed by atoms with Crippen molar-refractivity contribution < 1.29 is 18.7 Å². The standard InChI is InChI=1S/C15H21FN2O3/c1-10(12-9-11(16)3-4-13(12)20-2)18-14(19)15(17)5-7-21-8-6-15/h3-4,9-10H,5-8,17H2,1-2H3,(H,18,19). The molecule has 0 bridgehead atoms. The minimum atomic E-state index is -0.924. The van der Waals surface area contributed by atoms with Crippen LogP contribution in [0.4, 0.5) is 4.39 Å². The molecule has 0 radical (unpaired) electrons. The molecule has 1 aromatic rings. The van der Waals surface area contributed by atoms with Crippen LogP contribution in [0, 0.1) is 5.82 Å². The molecular weight excluding hydrogens is 275 g/mol. The van der Waals surface area contributed by atoms with Crippen LogP contribution < -0.4 is 15.8 Å². The third-order valence-electron chi connectivity index (χ3n) is 3.84. The molecule has 1 atom stereocenters. The highest BCUT2D eigenvalue weighted by atomic mass is 19.1. The van der Waals surface area contributed by atoms with E-state index in [1.165, 1.54) is 19.2 Å². The lowest BCUT2D eigenvalue weighted by atomic mass is 9.90. The van der Waals surface area contributed by atoms with E-state index in [1.54, 1.807) is 13.0 Å². The van der Waals surface area contributed by atoms with Gasteiger partial charge in [-0.3, -0.25) is 4.79 Å². The van der Waals surface area contributed by atoms with Gasteiger partial charge < -0.3 is 20.5 Å². The van der Waals surface area contributed by atoms with Crippen LogP contribution in [0.5, 0.6) is 5.75 Å². The first kappa shape index (κ1) is 15.7. The van der Waals surface area contributed by atoms with Crippen molar-refractivity contribution in [2.24, 2.45) is 5.73 Å². The maximum atomic E-state index is 13.4. The minimum absolute atomic E-state index is 0.246. The molecule has 3 N–H and O–H groups in total. The summed E-state index contributed by atoms with van der Waals surface area (Å²) >= 11 is 0. The van der Waals surface area contributed by atoms with Gasteiger partial charge in [0, 0.05) is 18.8 Å². The van der Waals surface area contributed by atoms with Gasteiger partial charge in [-0.25, -0.2) is 4.39 Å². The van der Waals surface area contributed by atoms with E-state index in [0.29, 0.717) is 37.4 Å². The number of nitrogens with two attached hydrogens (primary N) is 1. The Morgan fingerprint density at radius 3 is 2.76 bits per heavy atom. The van der Waals surface area contributed by atoms with Crippen molar-refractivity contribution in [3.05, 3.63) is 29.6 Å². The molecule has 0 aromatic heterocycles. The average molecular weight is 296 g/mol. The number of rotatable bonds is 4. The molecule has 1 aliphatic heterocycles. The van der Waals surface area contributed by atoms with Crippen LogP contribution in [0.1, 0.15) is 31.4 Å². The van der Waals surface area contributed by atoms with Gasteiger partial charge >= 0.3 is 0 Å². The average Bonchev–Trinajstić information content (AvgIpc) is 2.47. The predicted octanol–water partition coefficient (Wildman–Crippen LogP) is 1.52. The number of halogens is 1. The first-order valence-corrected chi connectivity index (χ1v) is 6.97. The molecule has 1 saturated heterocycles. The second kappa shape index (κ2) is 6.41. The minimum Gasteiger partial charge on any atom is -0.496 e. The van der Waals surface area contributed by atoms with Gasteiger partial charge in [0.15, 0.2) is 0 Å². The van der Waals surface area contributed by atoms with E-state index in [4.69, 9.17) is 15.2 Å². The van der Waals surface area contributed by atoms with Gasteiger partial charge in [0.2, 0.25) is 5.91 Å². The Bertz CT molecular complexity index is 516. The highest BCUT2D eigenvalue weighted by molar-refractivity contribution is 5.86. The third-order valence-corrected chi connectivity index (χ3v) is 3.84. The van der Waals surface area contributed by atoms with Crippen LogP contribution in [0.15, 0.2) is 18.2 Å². The number of methoxy groups -OCH3 is 1. The topological polar surface area (TPSA) is 73.6 Å². The molecular formula is C15H21FN2O3. The van der Waals surface area contributed by atoms with Gasteiger partial charge in [-0.1, -0.05) is 0 Å². The Kier molecular flexibility index (Phi) is 4.80. The molecule has 6 heteroatoms. The third kappa shape index (κ3) is 3.51. The zero-order valence-corrected chi connectivity index (χ0v) is 12.3. The highest BCUT2D eigenvalue weighted by Crippen LogP contribution is 2.27. The van der Waals surface area contributed by atoms with E-state index in [1.807, 2.05) is 0 Å². The summed E-state index contributed by atoms with van der Waals surface area (Å²) in [6.45, 7) is 2.72. The number of benzene rings is 1. The second-order valence-corrected chi connectivity index (χ2v) is 5.35. The van der Waals surface area contributed by atoms with E-state index in [2.05, 4.69) is 5.32 Å². The fourth-order valence-corrected chi connectivity index (χ4v) is 2.42. The molecule has 2 rings (SSSR count). The Balaban J connectivity index is 2.12. The monoisotopic (exact) mass is 296 g/mol. The number of carbonyl (C=O) groups excluding carboxylic acids is 1. The number of hydrogen-bond acceptors (Lipinski definition) is 4. The Morgan fingerprint density at radius 1 is 1.48 bits per heavy atom. The molecule has 1 aromatic carbocycles. The van der Waals surface area contributed by atoms with Crippen molar-refractivity contribution in [2.75, 3.05) is 20.3 Å². The maximum absolute atomic E-state index is 13.4. The van der Waals surface area contributed by atoms with Gasteiger partial charge in [0.05, 0.1) is 18.7 Å². The number of nitrogens with one attached hydrogen (secondary N) is 1. The lowest BCUT2D eigenvalue weighted by molar-refractivity contribution is -0.130. The van der Waals surface area contributed by atoms with Gasteiger partial charge in [0.25, 0.3) is 0 Å². The van der Waals surface area contributed by atoms with E-state index >= 15 is 0 Å². The number of carbonyl (C=O) groups is 1. The van der Waals surface area contributed by atoms with Crippen molar-refractivity contribution in [1.29, 1.82) is 0 Å².